The van der Waals surface area contributed by atoms with Gasteiger partial charge in [-0.05, 0) is 39.2 Å². The highest BCUT2D eigenvalue weighted by Crippen LogP contribution is 2.15. The smallest absolute Gasteiger partial charge is 0.272 e. The monoisotopic (exact) mass is 287 g/mol. The van der Waals surface area contributed by atoms with Crippen LogP contribution in [0.2, 0.25) is 0 Å². The number of benzene rings is 1. The molecule has 6 heteroatoms. The molecular formula is C15H21N5O. The van der Waals surface area contributed by atoms with Crippen LogP contribution in [0.5, 0.6) is 0 Å². The minimum absolute atomic E-state index is 0.0550. The predicted molar refractivity (Wildman–Crippen MR) is 83.5 cm³/mol. The normalized spacial score (nSPS) is 12.4. The standard InChI is InChI=1S/C15H21N5O/c1-11(10-19(2)3)17-15(21)13-8-9-20(18-13)14-7-5-4-6-12(14)16/h4-9,11H,10,16H2,1-3H3,(H,17,21). The first-order valence-electron chi connectivity index (χ1n) is 6.83. The van der Waals surface area contributed by atoms with Gasteiger partial charge in [-0.1, -0.05) is 12.1 Å². The number of rotatable bonds is 5. The van der Waals surface area contributed by atoms with Gasteiger partial charge in [0.05, 0.1) is 11.4 Å². The molecule has 21 heavy (non-hydrogen) atoms. The van der Waals surface area contributed by atoms with Crippen LogP contribution in [-0.2, 0) is 0 Å². The first kappa shape index (κ1) is 15.1. The molecule has 0 saturated heterocycles. The second kappa shape index (κ2) is 6.41. The lowest BCUT2D eigenvalue weighted by Crippen LogP contribution is -2.39. The third kappa shape index (κ3) is 3.82. The van der Waals surface area contributed by atoms with Crippen LogP contribution >= 0.6 is 0 Å². The molecule has 0 spiro atoms. The van der Waals surface area contributed by atoms with Gasteiger partial charge in [0.2, 0.25) is 0 Å². The summed E-state index contributed by atoms with van der Waals surface area (Å²) in [5.74, 6) is -0.183. The summed E-state index contributed by atoms with van der Waals surface area (Å²) in [4.78, 5) is 14.2. The van der Waals surface area contributed by atoms with Gasteiger partial charge in [-0.2, -0.15) is 5.10 Å². The van der Waals surface area contributed by atoms with E-state index < -0.39 is 0 Å². The quantitative estimate of drug-likeness (QED) is 0.808. The van der Waals surface area contributed by atoms with Crippen LogP contribution in [0.4, 0.5) is 5.69 Å². The molecule has 0 bridgehead atoms. The van der Waals surface area contributed by atoms with E-state index in [1.165, 1.54) is 0 Å². The van der Waals surface area contributed by atoms with Crippen molar-refractivity contribution in [1.82, 2.24) is 20.0 Å². The number of carbonyl (C=O) groups excluding carboxylic acids is 1. The zero-order chi connectivity index (χ0) is 15.4. The first-order valence-corrected chi connectivity index (χ1v) is 6.83. The summed E-state index contributed by atoms with van der Waals surface area (Å²) in [5, 5.41) is 7.20. The van der Waals surface area contributed by atoms with Crippen molar-refractivity contribution in [2.45, 2.75) is 13.0 Å². The Balaban J connectivity index is 2.10. The van der Waals surface area contributed by atoms with Crippen LogP contribution in [0.1, 0.15) is 17.4 Å². The van der Waals surface area contributed by atoms with Gasteiger partial charge in [0.15, 0.2) is 5.69 Å². The molecule has 2 rings (SSSR count). The average Bonchev–Trinajstić information content (AvgIpc) is 2.87. The predicted octanol–water partition coefficient (Wildman–Crippen LogP) is 1.13. The molecule has 6 nitrogen and oxygen atoms in total. The Morgan fingerprint density at radius 3 is 2.76 bits per heavy atom. The second-order valence-corrected chi connectivity index (χ2v) is 5.34. The molecule has 0 fully saturated rings. The van der Waals surface area contributed by atoms with E-state index in [9.17, 15) is 4.79 Å². The maximum atomic E-state index is 12.1. The number of nitrogens with zero attached hydrogens (tertiary/aromatic N) is 3. The number of amides is 1. The fourth-order valence-corrected chi connectivity index (χ4v) is 2.17. The molecule has 1 atom stereocenters. The van der Waals surface area contributed by atoms with Crippen molar-refractivity contribution in [1.29, 1.82) is 0 Å². The number of nitrogens with one attached hydrogen (secondary N) is 1. The average molecular weight is 287 g/mol. The van der Waals surface area contributed by atoms with Gasteiger partial charge in [-0.3, -0.25) is 4.79 Å². The van der Waals surface area contributed by atoms with Gasteiger partial charge in [-0.25, -0.2) is 4.68 Å². The van der Waals surface area contributed by atoms with E-state index in [1.54, 1.807) is 23.0 Å². The minimum Gasteiger partial charge on any atom is -0.397 e. The number of para-hydroxylation sites is 2. The van der Waals surface area contributed by atoms with Crippen molar-refractivity contribution in [3.8, 4) is 5.69 Å². The molecule has 1 unspecified atom stereocenters. The molecule has 0 radical (unpaired) electrons. The van der Waals surface area contributed by atoms with Crippen LogP contribution in [-0.4, -0.2) is 47.3 Å². The van der Waals surface area contributed by atoms with Gasteiger partial charge in [0, 0.05) is 18.8 Å². The fraction of sp³-hybridized carbons (Fsp3) is 0.333. The summed E-state index contributed by atoms with van der Waals surface area (Å²) in [6.07, 6.45) is 1.73. The molecule has 1 aromatic carbocycles. The molecule has 0 saturated carbocycles. The van der Waals surface area contributed by atoms with Crippen molar-refractivity contribution in [3.63, 3.8) is 0 Å². The van der Waals surface area contributed by atoms with Gasteiger partial charge in [-0.15, -0.1) is 0 Å². The zero-order valence-electron chi connectivity index (χ0n) is 12.6. The number of hydrogen-bond donors (Lipinski definition) is 2. The van der Waals surface area contributed by atoms with E-state index in [1.807, 2.05) is 44.1 Å². The molecule has 1 aromatic heterocycles. The van der Waals surface area contributed by atoms with Gasteiger partial charge in [0.1, 0.15) is 0 Å². The highest BCUT2D eigenvalue weighted by Gasteiger charge is 2.14. The molecule has 1 heterocycles. The molecule has 112 valence electrons. The topological polar surface area (TPSA) is 76.2 Å². The Morgan fingerprint density at radius 1 is 1.38 bits per heavy atom. The van der Waals surface area contributed by atoms with E-state index in [0.717, 1.165) is 12.2 Å². The van der Waals surface area contributed by atoms with E-state index in [4.69, 9.17) is 5.73 Å². The number of hydrogen-bond acceptors (Lipinski definition) is 4. The van der Waals surface area contributed by atoms with E-state index in [0.29, 0.717) is 11.4 Å². The Kier molecular flexibility index (Phi) is 4.59. The summed E-state index contributed by atoms with van der Waals surface area (Å²) in [5.41, 5.74) is 7.67. The van der Waals surface area contributed by atoms with Crippen LogP contribution < -0.4 is 11.1 Å². The highest BCUT2D eigenvalue weighted by molar-refractivity contribution is 5.92. The largest absolute Gasteiger partial charge is 0.397 e. The lowest BCUT2D eigenvalue weighted by atomic mass is 10.3. The number of nitrogen functional groups attached to an aromatic ring is 1. The van der Waals surface area contributed by atoms with Gasteiger partial charge >= 0.3 is 0 Å². The van der Waals surface area contributed by atoms with Crippen molar-refractivity contribution in [2.24, 2.45) is 0 Å². The van der Waals surface area contributed by atoms with E-state index in [-0.39, 0.29) is 11.9 Å². The Hall–Kier alpha value is -2.34. The van der Waals surface area contributed by atoms with Gasteiger partial charge in [0.25, 0.3) is 5.91 Å². The Labute approximate surface area is 124 Å². The van der Waals surface area contributed by atoms with E-state index >= 15 is 0 Å². The van der Waals surface area contributed by atoms with Crippen LogP contribution in [0.25, 0.3) is 5.69 Å². The van der Waals surface area contributed by atoms with Crippen LogP contribution in [0, 0.1) is 0 Å². The summed E-state index contributed by atoms with van der Waals surface area (Å²) in [7, 11) is 3.94. The van der Waals surface area contributed by atoms with Crippen LogP contribution in [0.15, 0.2) is 36.5 Å². The maximum absolute atomic E-state index is 12.1. The molecule has 2 aromatic rings. The first-order chi connectivity index (χ1) is 9.97. The van der Waals surface area contributed by atoms with E-state index in [2.05, 4.69) is 10.4 Å². The number of likely N-dealkylation sites (N-methyl/N-ethyl adjacent to an activating group) is 1. The number of anilines is 1. The minimum atomic E-state index is -0.183. The lowest BCUT2D eigenvalue weighted by molar-refractivity contribution is 0.0929. The molecule has 1 amide bonds. The highest BCUT2D eigenvalue weighted by atomic mass is 16.2. The van der Waals surface area contributed by atoms with Crippen molar-refractivity contribution in [3.05, 3.63) is 42.2 Å². The van der Waals surface area contributed by atoms with Crippen molar-refractivity contribution < 1.29 is 4.79 Å². The summed E-state index contributed by atoms with van der Waals surface area (Å²) >= 11 is 0. The molecule has 0 aliphatic heterocycles. The lowest BCUT2D eigenvalue weighted by Gasteiger charge is -2.17. The molecular weight excluding hydrogens is 266 g/mol. The summed E-state index contributed by atoms with van der Waals surface area (Å²) in [6, 6.07) is 9.14. The van der Waals surface area contributed by atoms with Crippen LogP contribution in [0.3, 0.4) is 0 Å². The molecule has 0 aliphatic carbocycles. The number of carbonyl (C=O) groups is 1. The zero-order valence-corrected chi connectivity index (χ0v) is 12.6. The number of aromatic nitrogens is 2. The SMILES string of the molecule is CC(CN(C)C)NC(=O)c1ccn(-c2ccccc2N)n1. The fourth-order valence-electron chi connectivity index (χ4n) is 2.17. The summed E-state index contributed by atoms with van der Waals surface area (Å²) < 4.78 is 1.61. The second-order valence-electron chi connectivity index (χ2n) is 5.34. The van der Waals surface area contributed by atoms with Gasteiger partial charge < -0.3 is 16.0 Å². The third-order valence-electron chi connectivity index (χ3n) is 3.02. The Bertz CT molecular complexity index is 620. The van der Waals surface area contributed by atoms with Crippen molar-refractivity contribution >= 4 is 11.6 Å². The molecule has 3 N–H and O–H groups in total. The third-order valence-corrected chi connectivity index (χ3v) is 3.02. The van der Waals surface area contributed by atoms with Crippen molar-refractivity contribution in [2.75, 3.05) is 26.4 Å². The maximum Gasteiger partial charge on any atom is 0.272 e. The number of nitrogens with two attached hydrogens (primary N) is 1. The molecule has 0 aliphatic rings. The summed E-state index contributed by atoms with van der Waals surface area (Å²) in [6.45, 7) is 2.74. The Morgan fingerprint density at radius 2 is 2.10 bits per heavy atom.